The van der Waals surface area contributed by atoms with E-state index < -0.39 is 11.5 Å². The summed E-state index contributed by atoms with van der Waals surface area (Å²) in [6, 6.07) is 18.4. The lowest BCUT2D eigenvalue weighted by molar-refractivity contribution is -0.150. The van der Waals surface area contributed by atoms with Gasteiger partial charge in [-0.05, 0) is 47.4 Å². The highest BCUT2D eigenvalue weighted by Gasteiger charge is 2.56. The number of rotatable bonds is 5. The molecule has 0 bridgehead atoms. The topological polar surface area (TPSA) is 63.0 Å². The van der Waals surface area contributed by atoms with Gasteiger partial charge in [0.05, 0.1) is 31.4 Å². The molecule has 3 heterocycles. The Balaban J connectivity index is 1.41. The van der Waals surface area contributed by atoms with E-state index in [1.165, 1.54) is 12.5 Å². The molecular formula is C26H28N2O4. The molecule has 2 aliphatic rings. The number of nitrogens with zero attached hydrogens (tertiary/aromatic N) is 2. The Morgan fingerprint density at radius 1 is 1.06 bits per heavy atom. The maximum atomic E-state index is 13.2. The zero-order valence-electron chi connectivity index (χ0n) is 18.3. The molecule has 0 N–H and O–H groups in total. The molecule has 2 saturated heterocycles. The number of carbonyl (C=O) groups excluding carboxylic acids is 2. The lowest BCUT2D eigenvalue weighted by atomic mass is 9.76. The van der Waals surface area contributed by atoms with Gasteiger partial charge in [0.1, 0.15) is 5.76 Å². The van der Waals surface area contributed by atoms with Crippen LogP contribution >= 0.6 is 0 Å². The van der Waals surface area contributed by atoms with E-state index in [1.807, 2.05) is 29.2 Å². The summed E-state index contributed by atoms with van der Waals surface area (Å²) < 4.78 is 10.6. The van der Waals surface area contributed by atoms with Crippen LogP contribution in [0.3, 0.4) is 0 Å². The van der Waals surface area contributed by atoms with Crippen molar-refractivity contribution in [1.82, 2.24) is 9.80 Å². The van der Waals surface area contributed by atoms with E-state index >= 15 is 0 Å². The van der Waals surface area contributed by atoms with E-state index in [4.69, 9.17) is 9.15 Å². The number of methoxy groups -OCH3 is 1. The van der Waals surface area contributed by atoms with Crippen LogP contribution in [0.5, 0.6) is 0 Å². The monoisotopic (exact) mass is 432 g/mol. The summed E-state index contributed by atoms with van der Waals surface area (Å²) in [6.45, 7) is 2.85. The van der Waals surface area contributed by atoms with Gasteiger partial charge in [0.25, 0.3) is 0 Å². The molecule has 1 atom stereocenters. The molecule has 6 heteroatoms. The normalized spacial score (nSPS) is 20.8. The maximum Gasteiger partial charge on any atom is 0.311 e. The first-order chi connectivity index (χ1) is 15.6. The zero-order chi connectivity index (χ0) is 22.1. The Labute approximate surface area is 187 Å². The number of hydrogen-bond acceptors (Lipinski definition) is 5. The van der Waals surface area contributed by atoms with Crippen molar-refractivity contribution in [2.45, 2.75) is 37.9 Å². The van der Waals surface area contributed by atoms with Gasteiger partial charge in [0.15, 0.2) is 0 Å². The number of benzene rings is 2. The summed E-state index contributed by atoms with van der Waals surface area (Å²) >= 11 is 0. The lowest BCUT2D eigenvalue weighted by Crippen LogP contribution is -2.57. The molecule has 1 unspecified atom stereocenters. The molecular weight excluding hydrogens is 404 g/mol. The van der Waals surface area contributed by atoms with Crippen molar-refractivity contribution in [3.05, 3.63) is 72.2 Å². The van der Waals surface area contributed by atoms with Gasteiger partial charge in [-0.3, -0.25) is 14.5 Å². The van der Waals surface area contributed by atoms with Gasteiger partial charge in [0.2, 0.25) is 5.91 Å². The van der Waals surface area contributed by atoms with Gasteiger partial charge in [-0.2, -0.15) is 0 Å². The molecule has 2 aliphatic heterocycles. The molecule has 2 aromatic carbocycles. The first kappa shape index (κ1) is 20.8. The fourth-order valence-electron chi connectivity index (χ4n) is 5.46. The maximum absolute atomic E-state index is 13.2. The minimum absolute atomic E-state index is 0.0352. The highest BCUT2D eigenvalue weighted by atomic mass is 16.5. The van der Waals surface area contributed by atoms with Gasteiger partial charge >= 0.3 is 5.97 Å². The van der Waals surface area contributed by atoms with Crippen molar-refractivity contribution < 1.29 is 18.7 Å². The van der Waals surface area contributed by atoms with Crippen LogP contribution in [0.25, 0.3) is 10.8 Å². The van der Waals surface area contributed by atoms with Crippen LogP contribution < -0.4 is 0 Å². The Morgan fingerprint density at radius 2 is 1.84 bits per heavy atom. The second-order valence-corrected chi connectivity index (χ2v) is 8.90. The molecule has 1 amide bonds. The fourth-order valence-corrected chi connectivity index (χ4v) is 5.46. The predicted molar refractivity (Wildman–Crippen MR) is 121 cm³/mol. The highest BCUT2D eigenvalue weighted by Crippen LogP contribution is 2.45. The van der Waals surface area contributed by atoms with E-state index in [0.29, 0.717) is 6.54 Å². The van der Waals surface area contributed by atoms with E-state index in [0.717, 1.165) is 49.2 Å². The van der Waals surface area contributed by atoms with Crippen molar-refractivity contribution in [2.24, 2.45) is 5.92 Å². The quantitative estimate of drug-likeness (QED) is 0.571. The van der Waals surface area contributed by atoms with Gasteiger partial charge < -0.3 is 14.1 Å². The molecule has 166 valence electrons. The summed E-state index contributed by atoms with van der Waals surface area (Å²) in [5.74, 6) is 0.263. The van der Waals surface area contributed by atoms with Crippen LogP contribution in [0, 0.1) is 5.92 Å². The zero-order valence-corrected chi connectivity index (χ0v) is 18.3. The number of amides is 1. The Bertz CT molecular complexity index is 1120. The molecule has 2 fully saturated rings. The molecule has 0 radical (unpaired) electrons. The average molecular weight is 433 g/mol. The van der Waals surface area contributed by atoms with Crippen molar-refractivity contribution in [1.29, 1.82) is 0 Å². The van der Waals surface area contributed by atoms with Gasteiger partial charge in [-0.1, -0.05) is 36.4 Å². The number of carbonyl (C=O) groups is 2. The molecule has 1 aromatic heterocycles. The van der Waals surface area contributed by atoms with Crippen LogP contribution in [0.4, 0.5) is 0 Å². The molecule has 5 rings (SSSR count). The van der Waals surface area contributed by atoms with E-state index in [-0.39, 0.29) is 18.3 Å². The third-order valence-corrected chi connectivity index (χ3v) is 7.19. The van der Waals surface area contributed by atoms with Gasteiger partial charge in [-0.15, -0.1) is 0 Å². The van der Waals surface area contributed by atoms with E-state index in [1.54, 1.807) is 6.26 Å². The fraction of sp³-hybridized carbons (Fsp3) is 0.385. The second kappa shape index (κ2) is 8.43. The van der Waals surface area contributed by atoms with Crippen molar-refractivity contribution >= 4 is 22.6 Å². The minimum Gasteiger partial charge on any atom is -0.469 e. The number of esters is 1. The van der Waals surface area contributed by atoms with Crippen LogP contribution in [0.15, 0.2) is 65.3 Å². The van der Waals surface area contributed by atoms with Crippen LogP contribution in [-0.2, 0) is 27.4 Å². The highest BCUT2D eigenvalue weighted by molar-refractivity contribution is 5.89. The average Bonchev–Trinajstić information content (AvgIpc) is 3.42. The smallest absolute Gasteiger partial charge is 0.311 e. The Hall–Kier alpha value is -3.12. The number of fused-ring (bicyclic) bond motifs is 1. The van der Waals surface area contributed by atoms with E-state index in [9.17, 15) is 9.59 Å². The van der Waals surface area contributed by atoms with Crippen LogP contribution in [-0.4, -0.2) is 47.4 Å². The molecule has 6 nitrogen and oxygen atoms in total. The Morgan fingerprint density at radius 3 is 2.56 bits per heavy atom. The van der Waals surface area contributed by atoms with Gasteiger partial charge in [-0.25, -0.2) is 0 Å². The largest absolute Gasteiger partial charge is 0.469 e. The summed E-state index contributed by atoms with van der Waals surface area (Å²) in [6.07, 6.45) is 3.40. The number of piperidine rings is 1. The number of ether oxygens (including phenoxy) is 1. The van der Waals surface area contributed by atoms with Crippen LogP contribution in [0.1, 0.15) is 30.6 Å². The summed E-state index contributed by atoms with van der Waals surface area (Å²) in [7, 11) is 1.42. The third-order valence-electron chi connectivity index (χ3n) is 7.19. The predicted octanol–water partition coefficient (Wildman–Crippen LogP) is 3.99. The second-order valence-electron chi connectivity index (χ2n) is 8.90. The summed E-state index contributed by atoms with van der Waals surface area (Å²) in [5.41, 5.74) is 0.579. The lowest BCUT2D eigenvalue weighted by Gasteiger charge is -2.47. The third kappa shape index (κ3) is 3.69. The van der Waals surface area contributed by atoms with Crippen molar-refractivity contribution in [3.8, 4) is 0 Å². The van der Waals surface area contributed by atoms with Crippen molar-refractivity contribution in [2.75, 3.05) is 20.2 Å². The van der Waals surface area contributed by atoms with Crippen molar-refractivity contribution in [3.63, 3.8) is 0 Å². The molecule has 0 saturated carbocycles. The van der Waals surface area contributed by atoms with Gasteiger partial charge in [0, 0.05) is 26.1 Å². The number of furan rings is 1. The summed E-state index contributed by atoms with van der Waals surface area (Å²) in [5, 5.41) is 2.33. The van der Waals surface area contributed by atoms with E-state index in [2.05, 4.69) is 35.2 Å². The standard InChI is InChI=1S/C26H28N2O4/c1-31-25(30)23-16-24(29)28(17-19-8-9-20-5-2-3-6-21(20)15-19)26(23)10-12-27(13-11-26)18-22-7-4-14-32-22/h2-9,14-15,23H,10-13,16-18H2,1H3. The minimum atomic E-state index is -0.504. The molecule has 0 aliphatic carbocycles. The van der Waals surface area contributed by atoms with Crippen LogP contribution in [0.2, 0.25) is 0 Å². The molecule has 32 heavy (non-hydrogen) atoms. The Kier molecular flexibility index (Phi) is 5.47. The first-order valence-electron chi connectivity index (χ1n) is 11.2. The number of likely N-dealkylation sites (tertiary alicyclic amines) is 2. The molecule has 1 spiro atoms. The summed E-state index contributed by atoms with van der Waals surface area (Å²) in [4.78, 5) is 30.2. The first-order valence-corrected chi connectivity index (χ1v) is 11.2. The molecule has 3 aromatic rings. The SMILES string of the molecule is COC(=O)C1CC(=O)N(Cc2ccc3ccccc3c2)C12CCN(Cc1ccco1)CC2. The number of hydrogen-bond donors (Lipinski definition) is 0.